The van der Waals surface area contributed by atoms with Gasteiger partial charge in [0.25, 0.3) is 5.91 Å². The second-order valence-corrected chi connectivity index (χ2v) is 8.95. The summed E-state index contributed by atoms with van der Waals surface area (Å²) in [7, 11) is 0. The number of hydrogen-bond donors (Lipinski definition) is 3. The van der Waals surface area contributed by atoms with Crippen molar-refractivity contribution < 1.29 is 14.7 Å². The second-order valence-electron chi connectivity index (χ2n) is 8.95. The number of hydrogen-bond acceptors (Lipinski definition) is 4. The van der Waals surface area contributed by atoms with Gasteiger partial charge in [-0.2, -0.15) is 5.10 Å². The smallest absolute Gasteiger partial charge is 0.305 e. The molecule has 7 heteroatoms. The van der Waals surface area contributed by atoms with Crippen molar-refractivity contribution in [3.8, 4) is 5.69 Å². The van der Waals surface area contributed by atoms with Crippen molar-refractivity contribution in [1.29, 1.82) is 0 Å². The number of anilines is 1. The quantitative estimate of drug-likeness (QED) is 0.412. The molecule has 1 saturated carbocycles. The highest BCUT2D eigenvalue weighted by molar-refractivity contribution is 5.94. The van der Waals surface area contributed by atoms with Gasteiger partial charge in [0.05, 0.1) is 23.8 Å². The van der Waals surface area contributed by atoms with Gasteiger partial charge in [-0.1, -0.05) is 37.5 Å². The van der Waals surface area contributed by atoms with E-state index in [1.165, 1.54) is 37.7 Å². The molecule has 3 aromatic rings. The highest BCUT2D eigenvalue weighted by Gasteiger charge is 2.28. The first-order valence-corrected chi connectivity index (χ1v) is 12.0. The summed E-state index contributed by atoms with van der Waals surface area (Å²) in [5.41, 5.74) is 4.72. The lowest BCUT2D eigenvalue weighted by atomic mass is 9.81. The lowest BCUT2D eigenvalue weighted by molar-refractivity contribution is -0.136. The molecule has 1 aromatic heterocycles. The zero-order valence-corrected chi connectivity index (χ0v) is 19.5. The highest BCUT2D eigenvalue weighted by Crippen LogP contribution is 2.38. The number of amides is 1. The third-order valence-corrected chi connectivity index (χ3v) is 6.51. The number of rotatable bonds is 9. The Morgan fingerprint density at radius 3 is 2.44 bits per heavy atom. The summed E-state index contributed by atoms with van der Waals surface area (Å²) >= 11 is 0. The summed E-state index contributed by atoms with van der Waals surface area (Å²) in [4.78, 5) is 22.9. The molecule has 3 N–H and O–H groups in total. The van der Waals surface area contributed by atoms with Crippen molar-refractivity contribution in [3.63, 3.8) is 0 Å². The highest BCUT2D eigenvalue weighted by atomic mass is 16.4. The predicted octanol–water partition coefficient (Wildman–Crippen LogP) is 5.12. The Balaban J connectivity index is 1.53. The fraction of sp³-hybridized carbons (Fsp3) is 0.370. The van der Waals surface area contributed by atoms with E-state index >= 15 is 0 Å². The Hall–Kier alpha value is -3.61. The van der Waals surface area contributed by atoms with Crippen LogP contribution in [-0.2, 0) is 4.79 Å². The molecule has 0 saturated heterocycles. The van der Waals surface area contributed by atoms with Gasteiger partial charge in [0.1, 0.15) is 0 Å². The van der Waals surface area contributed by atoms with Crippen molar-refractivity contribution in [1.82, 2.24) is 15.1 Å². The molecule has 1 aliphatic carbocycles. The van der Waals surface area contributed by atoms with Crippen LogP contribution in [0, 0.1) is 12.8 Å². The molecule has 1 heterocycles. The van der Waals surface area contributed by atoms with Crippen molar-refractivity contribution in [3.05, 3.63) is 77.6 Å². The maximum absolute atomic E-state index is 12.3. The van der Waals surface area contributed by atoms with Gasteiger partial charge in [0, 0.05) is 29.6 Å². The van der Waals surface area contributed by atoms with Gasteiger partial charge in [-0.3, -0.25) is 9.59 Å². The number of para-hydroxylation sites is 1. The van der Waals surface area contributed by atoms with E-state index < -0.39 is 5.97 Å². The number of aryl methyl sites for hydroxylation is 1. The van der Waals surface area contributed by atoms with Crippen LogP contribution in [0.1, 0.15) is 66.2 Å². The Bertz CT molecular complexity index is 1100. The van der Waals surface area contributed by atoms with E-state index in [1.807, 2.05) is 35.0 Å². The summed E-state index contributed by atoms with van der Waals surface area (Å²) in [5.74, 6) is -0.684. The van der Waals surface area contributed by atoms with Crippen LogP contribution >= 0.6 is 0 Å². The minimum atomic E-state index is -0.931. The maximum atomic E-state index is 12.3. The van der Waals surface area contributed by atoms with Crippen LogP contribution in [0.5, 0.6) is 0 Å². The van der Waals surface area contributed by atoms with Crippen molar-refractivity contribution in [2.24, 2.45) is 5.92 Å². The van der Waals surface area contributed by atoms with Crippen LogP contribution in [0.3, 0.4) is 0 Å². The molecule has 1 unspecified atom stereocenters. The summed E-state index contributed by atoms with van der Waals surface area (Å²) in [5, 5.41) is 19.9. The number of carbonyl (C=O) groups is 2. The fourth-order valence-electron chi connectivity index (χ4n) is 4.69. The van der Waals surface area contributed by atoms with E-state index in [-0.39, 0.29) is 24.9 Å². The monoisotopic (exact) mass is 460 g/mol. The van der Waals surface area contributed by atoms with Crippen molar-refractivity contribution in [2.75, 3.05) is 11.9 Å². The van der Waals surface area contributed by atoms with Crippen LogP contribution in [0.2, 0.25) is 0 Å². The molecule has 0 bridgehead atoms. The zero-order valence-electron chi connectivity index (χ0n) is 19.5. The van der Waals surface area contributed by atoms with Crippen LogP contribution in [0.25, 0.3) is 5.69 Å². The van der Waals surface area contributed by atoms with E-state index in [2.05, 4.69) is 35.9 Å². The van der Waals surface area contributed by atoms with Gasteiger partial charge < -0.3 is 15.7 Å². The molecule has 7 nitrogen and oxygen atoms in total. The minimum Gasteiger partial charge on any atom is -0.481 e. The zero-order chi connectivity index (χ0) is 23.9. The third-order valence-electron chi connectivity index (χ3n) is 6.51. The lowest BCUT2D eigenvalue weighted by Gasteiger charge is -2.31. The maximum Gasteiger partial charge on any atom is 0.305 e. The van der Waals surface area contributed by atoms with Crippen molar-refractivity contribution in [2.45, 2.75) is 51.5 Å². The van der Waals surface area contributed by atoms with E-state index in [0.717, 1.165) is 17.1 Å². The summed E-state index contributed by atoms with van der Waals surface area (Å²) in [6, 6.07) is 17.7. The Kier molecular flexibility index (Phi) is 7.62. The molecular weight excluding hydrogens is 428 g/mol. The molecule has 34 heavy (non-hydrogen) atoms. The Labute approximate surface area is 200 Å². The molecule has 1 atom stereocenters. The summed E-state index contributed by atoms with van der Waals surface area (Å²) in [6.45, 7) is 2.18. The minimum absolute atomic E-state index is 0.0928. The first kappa shape index (κ1) is 23.5. The number of aliphatic carboxylic acids is 1. The summed E-state index contributed by atoms with van der Waals surface area (Å²) in [6.07, 6.45) is 8.17. The van der Waals surface area contributed by atoms with Crippen LogP contribution < -0.4 is 10.6 Å². The second kappa shape index (κ2) is 11.0. The summed E-state index contributed by atoms with van der Waals surface area (Å²) < 4.78 is 1.95. The van der Waals surface area contributed by atoms with Gasteiger partial charge >= 0.3 is 5.97 Å². The van der Waals surface area contributed by atoms with E-state index in [0.29, 0.717) is 11.5 Å². The molecular formula is C27H32N4O3. The SMILES string of the molecule is Cc1nn(-c2ccccc2)cc1C(Nc1ccc(C(=O)NCCC(=O)O)cc1)C1CCCCC1. The number of aromatic nitrogens is 2. The molecule has 1 amide bonds. The molecule has 178 valence electrons. The number of carboxylic acids is 1. The lowest BCUT2D eigenvalue weighted by Crippen LogP contribution is -2.26. The number of nitrogens with zero attached hydrogens (tertiary/aromatic N) is 2. The fourth-order valence-corrected chi connectivity index (χ4v) is 4.69. The van der Waals surface area contributed by atoms with Crippen LogP contribution in [0.15, 0.2) is 60.8 Å². The predicted molar refractivity (Wildman–Crippen MR) is 132 cm³/mol. The standard InChI is InChI=1S/C27H32N4O3/c1-19-24(18-31(30-19)23-10-6-3-7-11-23)26(20-8-4-2-5-9-20)29-22-14-12-21(13-15-22)27(34)28-17-16-25(32)33/h3,6-7,10-15,18,20,26,29H,2,4-5,8-9,16-17H2,1H3,(H,28,34)(H,32,33). The first-order valence-electron chi connectivity index (χ1n) is 12.0. The third kappa shape index (κ3) is 5.84. The average molecular weight is 461 g/mol. The normalized spacial score (nSPS) is 15.0. The number of carbonyl (C=O) groups excluding carboxylic acids is 1. The van der Waals surface area contributed by atoms with Gasteiger partial charge in [-0.25, -0.2) is 4.68 Å². The number of benzene rings is 2. The van der Waals surface area contributed by atoms with E-state index in [9.17, 15) is 9.59 Å². The van der Waals surface area contributed by atoms with E-state index in [1.54, 1.807) is 12.1 Å². The van der Waals surface area contributed by atoms with Crippen LogP contribution in [0.4, 0.5) is 5.69 Å². The molecule has 0 aliphatic heterocycles. The van der Waals surface area contributed by atoms with Gasteiger partial charge in [0.2, 0.25) is 0 Å². The molecule has 2 aromatic carbocycles. The van der Waals surface area contributed by atoms with E-state index in [4.69, 9.17) is 10.2 Å². The topological polar surface area (TPSA) is 96.3 Å². The average Bonchev–Trinajstić information content (AvgIpc) is 3.25. The number of carboxylic acid groups (broad SMARTS) is 1. The van der Waals surface area contributed by atoms with Crippen LogP contribution in [-0.4, -0.2) is 33.3 Å². The molecule has 1 aliphatic rings. The van der Waals surface area contributed by atoms with Gasteiger partial charge in [0.15, 0.2) is 0 Å². The largest absolute Gasteiger partial charge is 0.481 e. The first-order chi connectivity index (χ1) is 16.5. The molecule has 1 fully saturated rings. The molecule has 4 rings (SSSR count). The van der Waals surface area contributed by atoms with Gasteiger partial charge in [-0.15, -0.1) is 0 Å². The van der Waals surface area contributed by atoms with Crippen molar-refractivity contribution >= 4 is 17.6 Å². The number of nitrogens with one attached hydrogen (secondary N) is 2. The molecule has 0 radical (unpaired) electrons. The Morgan fingerprint density at radius 2 is 1.76 bits per heavy atom. The van der Waals surface area contributed by atoms with Gasteiger partial charge in [-0.05, 0) is 62.1 Å². The molecule has 0 spiro atoms. The Morgan fingerprint density at radius 1 is 1.06 bits per heavy atom.